The molecule has 2 rings (SSSR count). The molecule has 0 bridgehead atoms. The van der Waals surface area contributed by atoms with Crippen molar-refractivity contribution in [3.05, 3.63) is 42.0 Å². The Morgan fingerprint density at radius 3 is 2.60 bits per heavy atom. The third-order valence-corrected chi connectivity index (χ3v) is 3.35. The van der Waals surface area contributed by atoms with Crippen molar-refractivity contribution in [1.82, 2.24) is 0 Å². The molecule has 3 nitrogen and oxygen atoms in total. The standard InChI is InChI=1S/C15H16F2O3/c1-2-10-3-5-11(6-4-10)13(18)14(19)20-12-7-8-15(16,17)9-12/h2-6,12-13,18H,1,7-9H2. The Bertz CT molecular complexity index is 496. The van der Waals surface area contributed by atoms with Crippen LogP contribution in [0.1, 0.15) is 36.5 Å². The second kappa shape index (κ2) is 5.71. The van der Waals surface area contributed by atoms with Crippen LogP contribution in [0.25, 0.3) is 6.08 Å². The van der Waals surface area contributed by atoms with Gasteiger partial charge in [0.1, 0.15) is 6.10 Å². The Kier molecular flexibility index (Phi) is 4.18. The van der Waals surface area contributed by atoms with Crippen molar-refractivity contribution in [2.45, 2.75) is 37.4 Å². The summed E-state index contributed by atoms with van der Waals surface area (Å²) in [4.78, 5) is 11.7. The van der Waals surface area contributed by atoms with E-state index in [1.165, 1.54) is 0 Å². The van der Waals surface area contributed by atoms with Gasteiger partial charge in [-0.05, 0) is 17.5 Å². The molecule has 0 aliphatic heterocycles. The van der Waals surface area contributed by atoms with Gasteiger partial charge in [-0.25, -0.2) is 13.6 Å². The molecular weight excluding hydrogens is 266 g/mol. The molecule has 0 radical (unpaired) electrons. The molecule has 1 aliphatic rings. The molecular formula is C15H16F2O3. The van der Waals surface area contributed by atoms with Crippen LogP contribution < -0.4 is 0 Å². The molecule has 1 saturated carbocycles. The molecule has 1 fully saturated rings. The van der Waals surface area contributed by atoms with Crippen molar-refractivity contribution >= 4 is 12.0 Å². The van der Waals surface area contributed by atoms with Gasteiger partial charge in [0.05, 0.1) is 0 Å². The maximum Gasteiger partial charge on any atom is 0.339 e. The average Bonchev–Trinajstić information content (AvgIpc) is 2.77. The van der Waals surface area contributed by atoms with E-state index in [1.807, 2.05) is 0 Å². The molecule has 5 heteroatoms. The van der Waals surface area contributed by atoms with Crippen molar-refractivity contribution in [3.63, 3.8) is 0 Å². The maximum absolute atomic E-state index is 13.0. The van der Waals surface area contributed by atoms with Crippen molar-refractivity contribution in [2.75, 3.05) is 0 Å². The maximum atomic E-state index is 13.0. The lowest BCUT2D eigenvalue weighted by molar-refractivity contribution is -0.160. The Hall–Kier alpha value is -1.75. The normalized spacial score (nSPS) is 22.2. The summed E-state index contributed by atoms with van der Waals surface area (Å²) in [5, 5.41) is 9.86. The van der Waals surface area contributed by atoms with E-state index in [4.69, 9.17) is 4.74 Å². The molecule has 0 spiro atoms. The number of rotatable bonds is 4. The topological polar surface area (TPSA) is 46.5 Å². The highest BCUT2D eigenvalue weighted by Gasteiger charge is 2.41. The lowest BCUT2D eigenvalue weighted by Crippen LogP contribution is -2.22. The number of carbonyl (C=O) groups is 1. The summed E-state index contributed by atoms with van der Waals surface area (Å²) in [5.41, 5.74) is 1.22. The van der Waals surface area contributed by atoms with Crippen molar-refractivity contribution in [2.24, 2.45) is 0 Å². The van der Waals surface area contributed by atoms with Crippen LogP contribution in [-0.4, -0.2) is 23.1 Å². The first-order valence-electron chi connectivity index (χ1n) is 6.40. The molecule has 2 atom stereocenters. The molecule has 1 aromatic rings. The van der Waals surface area contributed by atoms with Gasteiger partial charge in [-0.1, -0.05) is 36.9 Å². The van der Waals surface area contributed by atoms with Crippen molar-refractivity contribution < 1.29 is 23.4 Å². The zero-order valence-electron chi connectivity index (χ0n) is 10.9. The zero-order valence-corrected chi connectivity index (χ0v) is 10.9. The van der Waals surface area contributed by atoms with Gasteiger partial charge in [-0.2, -0.15) is 0 Å². The second-order valence-electron chi connectivity index (χ2n) is 4.93. The predicted octanol–water partition coefficient (Wildman–Crippen LogP) is 3.09. The SMILES string of the molecule is C=Cc1ccc(C(O)C(=O)OC2CCC(F)(F)C2)cc1. The van der Waals surface area contributed by atoms with E-state index in [2.05, 4.69) is 6.58 Å². The Morgan fingerprint density at radius 1 is 1.45 bits per heavy atom. The molecule has 0 aromatic heterocycles. The van der Waals surface area contributed by atoms with Crippen LogP contribution in [0.5, 0.6) is 0 Å². The third-order valence-electron chi connectivity index (χ3n) is 3.35. The molecule has 2 unspecified atom stereocenters. The summed E-state index contributed by atoms with van der Waals surface area (Å²) in [6.07, 6.45) is -1.27. The predicted molar refractivity (Wildman–Crippen MR) is 70.2 cm³/mol. The van der Waals surface area contributed by atoms with Crippen LogP contribution >= 0.6 is 0 Å². The number of hydrogen-bond donors (Lipinski definition) is 1. The largest absolute Gasteiger partial charge is 0.460 e. The fraction of sp³-hybridized carbons (Fsp3) is 0.400. The summed E-state index contributed by atoms with van der Waals surface area (Å²) in [7, 11) is 0. The van der Waals surface area contributed by atoms with E-state index >= 15 is 0 Å². The summed E-state index contributed by atoms with van der Waals surface area (Å²) in [6, 6.07) is 6.55. The number of aliphatic hydroxyl groups is 1. The molecule has 0 amide bonds. The van der Waals surface area contributed by atoms with Crippen LogP contribution in [0.4, 0.5) is 8.78 Å². The number of esters is 1. The van der Waals surface area contributed by atoms with E-state index in [0.717, 1.165) is 5.56 Å². The number of halogens is 2. The van der Waals surface area contributed by atoms with E-state index in [0.29, 0.717) is 5.56 Å². The van der Waals surface area contributed by atoms with E-state index in [-0.39, 0.29) is 12.8 Å². The van der Waals surface area contributed by atoms with Gasteiger partial charge < -0.3 is 9.84 Å². The average molecular weight is 282 g/mol. The summed E-state index contributed by atoms with van der Waals surface area (Å²) < 4.78 is 30.9. The van der Waals surface area contributed by atoms with E-state index in [1.54, 1.807) is 30.3 Å². The number of aliphatic hydroxyl groups excluding tert-OH is 1. The van der Waals surface area contributed by atoms with Gasteiger partial charge in [0.15, 0.2) is 6.10 Å². The lowest BCUT2D eigenvalue weighted by Gasteiger charge is -2.16. The van der Waals surface area contributed by atoms with Gasteiger partial charge >= 0.3 is 5.97 Å². The molecule has 0 heterocycles. The molecule has 108 valence electrons. The zero-order chi connectivity index (χ0) is 14.8. The molecule has 20 heavy (non-hydrogen) atoms. The number of hydrogen-bond acceptors (Lipinski definition) is 3. The number of carbonyl (C=O) groups excluding carboxylic acids is 1. The first-order valence-corrected chi connectivity index (χ1v) is 6.40. The summed E-state index contributed by atoms with van der Waals surface area (Å²) in [6.45, 7) is 3.60. The molecule has 1 N–H and O–H groups in total. The van der Waals surface area contributed by atoms with Crippen LogP contribution in [0, 0.1) is 0 Å². The Balaban J connectivity index is 1.96. The fourth-order valence-corrected chi connectivity index (χ4v) is 2.19. The highest BCUT2D eigenvalue weighted by Crippen LogP contribution is 2.36. The summed E-state index contributed by atoms with van der Waals surface area (Å²) in [5.74, 6) is -3.67. The monoisotopic (exact) mass is 282 g/mol. The quantitative estimate of drug-likeness (QED) is 0.863. The summed E-state index contributed by atoms with van der Waals surface area (Å²) >= 11 is 0. The van der Waals surface area contributed by atoms with E-state index in [9.17, 15) is 18.7 Å². The Labute approximate surface area is 115 Å². The van der Waals surface area contributed by atoms with Crippen molar-refractivity contribution in [3.8, 4) is 0 Å². The number of benzene rings is 1. The van der Waals surface area contributed by atoms with Gasteiger partial charge in [0.25, 0.3) is 5.92 Å². The van der Waals surface area contributed by atoms with Gasteiger partial charge in [0, 0.05) is 12.8 Å². The van der Waals surface area contributed by atoms with Crippen LogP contribution in [0.3, 0.4) is 0 Å². The smallest absolute Gasteiger partial charge is 0.339 e. The van der Waals surface area contributed by atoms with Crippen LogP contribution in [0.15, 0.2) is 30.8 Å². The number of ether oxygens (including phenoxy) is 1. The fourth-order valence-electron chi connectivity index (χ4n) is 2.19. The Morgan fingerprint density at radius 2 is 2.10 bits per heavy atom. The minimum Gasteiger partial charge on any atom is -0.460 e. The van der Waals surface area contributed by atoms with E-state index < -0.39 is 30.5 Å². The van der Waals surface area contributed by atoms with Crippen LogP contribution in [-0.2, 0) is 9.53 Å². The highest BCUT2D eigenvalue weighted by molar-refractivity contribution is 5.76. The first kappa shape index (κ1) is 14.7. The van der Waals surface area contributed by atoms with Crippen molar-refractivity contribution in [1.29, 1.82) is 0 Å². The number of alkyl halides is 2. The third kappa shape index (κ3) is 3.42. The van der Waals surface area contributed by atoms with Crippen LogP contribution in [0.2, 0.25) is 0 Å². The minimum absolute atomic E-state index is 0.126. The van der Waals surface area contributed by atoms with Gasteiger partial charge in [0.2, 0.25) is 0 Å². The van der Waals surface area contributed by atoms with Gasteiger partial charge in [-0.3, -0.25) is 0 Å². The second-order valence-corrected chi connectivity index (χ2v) is 4.93. The highest BCUT2D eigenvalue weighted by atomic mass is 19.3. The first-order chi connectivity index (χ1) is 9.41. The minimum atomic E-state index is -2.78. The molecule has 1 aromatic carbocycles. The van der Waals surface area contributed by atoms with Gasteiger partial charge in [-0.15, -0.1) is 0 Å². The molecule has 1 aliphatic carbocycles. The lowest BCUT2D eigenvalue weighted by atomic mass is 10.1. The molecule has 0 saturated heterocycles.